The molecule has 0 radical (unpaired) electrons. The van der Waals surface area contributed by atoms with Crippen molar-refractivity contribution in [2.45, 2.75) is 19.3 Å². The second-order valence-electron chi connectivity index (χ2n) is 2.63. The summed E-state index contributed by atoms with van der Waals surface area (Å²) in [6.07, 6.45) is 1.84. The monoisotopic (exact) mass is 183 g/mol. The van der Waals surface area contributed by atoms with E-state index in [0.29, 0.717) is 0 Å². The molecule has 0 aromatic rings. The fourth-order valence-corrected chi connectivity index (χ4v) is 0.697. The maximum absolute atomic E-state index is 9.92. The summed E-state index contributed by atoms with van der Waals surface area (Å²) >= 11 is 0. The molecule has 0 atom stereocenters. The zero-order valence-corrected chi connectivity index (χ0v) is 10.7. The summed E-state index contributed by atoms with van der Waals surface area (Å²) in [5.74, 6) is -0.946. The van der Waals surface area contributed by atoms with Gasteiger partial charge in [0.1, 0.15) is 0 Å². The molecule has 0 aromatic heterocycles. The normalized spacial score (nSPS) is 9.36. The molecule has 0 aliphatic carbocycles. The van der Waals surface area contributed by atoms with Crippen LogP contribution < -0.4 is 56.5 Å². The molecule has 0 aliphatic rings. The van der Waals surface area contributed by atoms with Crippen LogP contribution >= 0.6 is 0 Å². The van der Waals surface area contributed by atoms with E-state index in [-0.39, 0.29) is 57.8 Å². The van der Waals surface area contributed by atoms with E-state index in [9.17, 15) is 9.90 Å². The summed E-state index contributed by atoms with van der Waals surface area (Å²) in [5.41, 5.74) is 0. The topological polar surface area (TPSA) is 43.4 Å². The van der Waals surface area contributed by atoms with Crippen molar-refractivity contribution in [3.05, 3.63) is 0 Å². The molecule has 0 spiro atoms. The van der Waals surface area contributed by atoms with Gasteiger partial charge < -0.3 is 14.8 Å². The van der Waals surface area contributed by atoms with Crippen molar-refractivity contribution in [3.63, 3.8) is 0 Å². The van der Waals surface area contributed by atoms with Crippen LogP contribution in [0.5, 0.6) is 0 Å². The van der Waals surface area contributed by atoms with Gasteiger partial charge in [-0.3, -0.25) is 0 Å². The number of carboxylic acid groups (broad SMARTS) is 1. The van der Waals surface area contributed by atoms with E-state index in [1.54, 1.807) is 0 Å². The molecule has 0 saturated carbocycles. The largest absolute Gasteiger partial charge is 1.00 e. The zero-order chi connectivity index (χ0) is 7.98. The van der Waals surface area contributed by atoms with Gasteiger partial charge in [-0.15, -0.1) is 0 Å². The summed E-state index contributed by atoms with van der Waals surface area (Å²) < 4.78 is 0. The molecular weight excluding hydrogens is 169 g/mol. The first-order chi connectivity index (χ1) is 4.63. The van der Waals surface area contributed by atoms with Gasteiger partial charge in [0, 0.05) is 5.97 Å². The third-order valence-corrected chi connectivity index (χ3v) is 1.24. The van der Waals surface area contributed by atoms with Gasteiger partial charge in [0.2, 0.25) is 0 Å². The third-order valence-electron chi connectivity index (χ3n) is 1.24. The molecule has 0 N–H and O–H groups in total. The summed E-state index contributed by atoms with van der Waals surface area (Å²) in [7, 11) is 3.94. The van der Waals surface area contributed by atoms with E-state index < -0.39 is 5.97 Å². The van der Waals surface area contributed by atoms with Crippen molar-refractivity contribution in [2.75, 3.05) is 20.6 Å². The predicted octanol–water partition coefficient (Wildman–Crippen LogP) is -3.53. The second kappa shape index (κ2) is 9.16. The Hall–Kier alpha value is 1.07. The van der Waals surface area contributed by atoms with Crippen LogP contribution in [0, 0.1) is 0 Å². The Morgan fingerprint density at radius 3 is 2.27 bits per heavy atom. The molecule has 0 rings (SSSR count). The molecule has 11 heavy (non-hydrogen) atoms. The number of carbonyl (C=O) groups excluding carboxylic acids is 1. The number of rotatable bonds is 5. The molecule has 0 bridgehead atoms. The molecule has 0 amide bonds. The number of aliphatic carboxylic acids is 1. The zero-order valence-electron chi connectivity index (χ0n) is 7.59. The fraction of sp³-hybridized carbons (Fsp3) is 0.857. The number of carbonyl (C=O) groups is 1. The predicted molar refractivity (Wildman–Crippen MR) is 37.4 cm³/mol. The summed E-state index contributed by atoms with van der Waals surface area (Å²) in [4.78, 5) is 12.0. The standard InChI is InChI=1S/C7H15NO2.K/c1-8(2)6-4-3-5-7(9)10;/h3-6H2,1-2H3,(H,9,10);/q;+1/p-1. The van der Waals surface area contributed by atoms with E-state index in [4.69, 9.17) is 0 Å². The van der Waals surface area contributed by atoms with Crippen LogP contribution in [0.4, 0.5) is 0 Å². The maximum Gasteiger partial charge on any atom is 1.00 e. The van der Waals surface area contributed by atoms with Gasteiger partial charge in [0.15, 0.2) is 0 Å². The maximum atomic E-state index is 9.92. The van der Waals surface area contributed by atoms with Crippen LogP contribution in [0.3, 0.4) is 0 Å². The minimum atomic E-state index is -0.946. The van der Waals surface area contributed by atoms with Crippen LogP contribution in [-0.2, 0) is 4.79 Å². The van der Waals surface area contributed by atoms with E-state index in [2.05, 4.69) is 0 Å². The van der Waals surface area contributed by atoms with Crippen molar-refractivity contribution >= 4 is 5.97 Å². The first-order valence-electron chi connectivity index (χ1n) is 3.47. The minimum Gasteiger partial charge on any atom is -0.550 e. The Morgan fingerprint density at radius 1 is 1.36 bits per heavy atom. The molecule has 0 saturated heterocycles. The van der Waals surface area contributed by atoms with Gasteiger partial charge in [0.25, 0.3) is 0 Å². The van der Waals surface area contributed by atoms with Crippen molar-refractivity contribution in [3.8, 4) is 0 Å². The second-order valence-corrected chi connectivity index (χ2v) is 2.63. The van der Waals surface area contributed by atoms with Crippen LogP contribution in [0.25, 0.3) is 0 Å². The number of unbranched alkanes of at least 4 members (excludes halogenated alkanes) is 1. The Morgan fingerprint density at radius 2 is 1.91 bits per heavy atom. The van der Waals surface area contributed by atoms with Crippen LogP contribution in [0.15, 0.2) is 0 Å². The Kier molecular flexibility index (Phi) is 12.1. The molecule has 60 valence electrons. The summed E-state index contributed by atoms with van der Waals surface area (Å²) in [6, 6.07) is 0. The fourth-order valence-electron chi connectivity index (χ4n) is 0.697. The average Bonchev–Trinajstić information content (AvgIpc) is 1.79. The smallest absolute Gasteiger partial charge is 0.550 e. The minimum absolute atomic E-state index is 0. The van der Waals surface area contributed by atoms with Gasteiger partial charge in [-0.25, -0.2) is 0 Å². The molecular formula is C7H14KNO2. The van der Waals surface area contributed by atoms with E-state index in [0.717, 1.165) is 19.4 Å². The van der Waals surface area contributed by atoms with Crippen LogP contribution in [0.2, 0.25) is 0 Å². The molecule has 3 nitrogen and oxygen atoms in total. The molecule has 0 aromatic carbocycles. The Labute approximate surface area is 111 Å². The average molecular weight is 183 g/mol. The number of hydrogen-bond acceptors (Lipinski definition) is 3. The van der Waals surface area contributed by atoms with E-state index in [1.807, 2.05) is 19.0 Å². The molecule has 0 unspecified atom stereocenters. The summed E-state index contributed by atoms with van der Waals surface area (Å²) in [6.45, 7) is 0.952. The summed E-state index contributed by atoms with van der Waals surface area (Å²) in [5, 5.41) is 9.92. The van der Waals surface area contributed by atoms with Gasteiger partial charge in [0.05, 0.1) is 0 Å². The number of nitrogens with zero attached hydrogens (tertiary/aromatic N) is 1. The number of hydrogen-bond donors (Lipinski definition) is 0. The van der Waals surface area contributed by atoms with Gasteiger partial charge in [-0.2, -0.15) is 0 Å². The molecule has 4 heteroatoms. The Bertz CT molecular complexity index is 107. The van der Waals surface area contributed by atoms with Crippen molar-refractivity contribution < 1.29 is 61.3 Å². The van der Waals surface area contributed by atoms with Crippen molar-refractivity contribution in [1.29, 1.82) is 0 Å². The molecule has 0 fully saturated rings. The quantitative estimate of drug-likeness (QED) is 0.328. The third kappa shape index (κ3) is 14.0. The van der Waals surface area contributed by atoms with Crippen molar-refractivity contribution in [1.82, 2.24) is 4.90 Å². The first-order valence-corrected chi connectivity index (χ1v) is 3.47. The van der Waals surface area contributed by atoms with Crippen LogP contribution in [0.1, 0.15) is 19.3 Å². The van der Waals surface area contributed by atoms with E-state index >= 15 is 0 Å². The SMILES string of the molecule is CN(C)CCCCC(=O)[O-].[K+]. The van der Waals surface area contributed by atoms with Gasteiger partial charge in [-0.1, -0.05) is 0 Å². The first kappa shape index (κ1) is 14.6. The number of carboxylic acids is 1. The van der Waals surface area contributed by atoms with Crippen molar-refractivity contribution in [2.24, 2.45) is 0 Å². The van der Waals surface area contributed by atoms with Crippen LogP contribution in [-0.4, -0.2) is 31.5 Å². The molecule has 0 heterocycles. The van der Waals surface area contributed by atoms with Gasteiger partial charge in [-0.05, 0) is 39.9 Å². The Balaban J connectivity index is 0. The van der Waals surface area contributed by atoms with E-state index in [1.165, 1.54) is 0 Å². The van der Waals surface area contributed by atoms with Gasteiger partial charge >= 0.3 is 51.4 Å². The molecule has 0 aliphatic heterocycles.